The van der Waals surface area contributed by atoms with Crippen LogP contribution < -0.4 is 5.32 Å². The number of hydrogen-bond donors (Lipinski definition) is 1. The first-order valence-electron chi connectivity index (χ1n) is 5.79. The Labute approximate surface area is 129 Å². The van der Waals surface area contributed by atoms with E-state index in [2.05, 4.69) is 32.9 Å². The largest absolute Gasteiger partial charge is 0.451 e. The minimum absolute atomic E-state index is 0.176. The lowest BCUT2D eigenvalue weighted by Crippen LogP contribution is -2.21. The van der Waals surface area contributed by atoms with Gasteiger partial charge in [0.1, 0.15) is 5.69 Å². The number of hydrogen-bond acceptors (Lipinski definition) is 4. The Morgan fingerprint density at radius 1 is 1.15 bits per heavy atom. The highest BCUT2D eigenvalue weighted by molar-refractivity contribution is 14.1. The summed E-state index contributed by atoms with van der Waals surface area (Å²) in [5.41, 5.74) is 0.832. The average Bonchev–Trinajstić information content (AvgIpc) is 2.48. The molecule has 0 fully saturated rings. The smallest absolute Gasteiger partial charge is 0.357 e. The molecular weight excluding hydrogens is 371 g/mol. The number of nitrogens with zero attached hydrogens (tertiary/aromatic N) is 1. The zero-order valence-electron chi connectivity index (χ0n) is 10.4. The topological polar surface area (TPSA) is 68.3 Å². The van der Waals surface area contributed by atoms with Crippen LogP contribution in [0.4, 0.5) is 5.69 Å². The van der Waals surface area contributed by atoms with Crippen LogP contribution >= 0.6 is 22.6 Å². The van der Waals surface area contributed by atoms with Gasteiger partial charge in [0.15, 0.2) is 6.61 Å². The molecule has 0 saturated carbocycles. The van der Waals surface area contributed by atoms with Gasteiger partial charge in [0, 0.05) is 15.5 Å². The monoisotopic (exact) mass is 382 g/mol. The summed E-state index contributed by atoms with van der Waals surface area (Å²) in [4.78, 5) is 27.0. The van der Waals surface area contributed by atoms with E-state index in [0.717, 1.165) is 3.57 Å². The normalized spacial score (nSPS) is 9.85. The van der Waals surface area contributed by atoms with Gasteiger partial charge in [-0.15, -0.1) is 0 Å². The molecule has 6 heteroatoms. The van der Waals surface area contributed by atoms with Crippen molar-refractivity contribution in [2.75, 3.05) is 11.9 Å². The van der Waals surface area contributed by atoms with Crippen LogP contribution in [0, 0.1) is 3.57 Å². The van der Waals surface area contributed by atoms with Crippen molar-refractivity contribution >= 4 is 40.2 Å². The third-order valence-electron chi connectivity index (χ3n) is 2.34. The van der Waals surface area contributed by atoms with E-state index in [1.54, 1.807) is 24.3 Å². The van der Waals surface area contributed by atoms with E-state index >= 15 is 0 Å². The quantitative estimate of drug-likeness (QED) is 0.652. The molecule has 20 heavy (non-hydrogen) atoms. The number of amides is 1. The summed E-state index contributed by atoms with van der Waals surface area (Å²) in [5.74, 6) is -1.01. The number of carbonyl (C=O) groups excluding carboxylic acids is 2. The van der Waals surface area contributed by atoms with Crippen molar-refractivity contribution in [3.8, 4) is 0 Å². The second-order valence-electron chi connectivity index (χ2n) is 3.85. The summed E-state index contributed by atoms with van der Waals surface area (Å²) in [6.07, 6.45) is 1.49. The number of carbonyl (C=O) groups is 2. The van der Waals surface area contributed by atoms with E-state index in [-0.39, 0.29) is 12.3 Å². The molecule has 0 radical (unpaired) electrons. The van der Waals surface area contributed by atoms with Gasteiger partial charge in [-0.1, -0.05) is 6.07 Å². The molecule has 0 unspecified atom stereocenters. The van der Waals surface area contributed by atoms with Crippen LogP contribution in [-0.2, 0) is 9.53 Å². The molecule has 2 aromatic rings. The first kappa shape index (κ1) is 14.4. The first-order valence-corrected chi connectivity index (χ1v) is 6.86. The van der Waals surface area contributed by atoms with Gasteiger partial charge in [0.2, 0.25) is 0 Å². The molecule has 0 atom stereocenters. The summed E-state index contributed by atoms with van der Waals surface area (Å²) in [6, 6.07) is 12.2. The number of benzene rings is 1. The zero-order chi connectivity index (χ0) is 14.4. The maximum atomic E-state index is 11.6. The Kier molecular flexibility index (Phi) is 5.05. The second-order valence-corrected chi connectivity index (χ2v) is 5.09. The molecular formula is C14H11IN2O3. The number of pyridine rings is 1. The fraction of sp³-hybridized carbons (Fsp3) is 0.0714. The Morgan fingerprint density at radius 2 is 1.90 bits per heavy atom. The molecule has 0 saturated heterocycles. The van der Waals surface area contributed by atoms with Crippen LogP contribution in [0.15, 0.2) is 48.7 Å². The number of aromatic nitrogens is 1. The molecule has 1 amide bonds. The average molecular weight is 382 g/mol. The van der Waals surface area contributed by atoms with E-state index < -0.39 is 11.9 Å². The van der Waals surface area contributed by atoms with Crippen LogP contribution in [0.25, 0.3) is 0 Å². The van der Waals surface area contributed by atoms with Gasteiger partial charge in [0.05, 0.1) is 0 Å². The molecule has 102 valence electrons. The molecule has 5 nitrogen and oxygen atoms in total. The fourth-order valence-corrected chi connectivity index (χ4v) is 1.78. The van der Waals surface area contributed by atoms with Crippen LogP contribution in [0.3, 0.4) is 0 Å². The summed E-state index contributed by atoms with van der Waals surface area (Å²) in [7, 11) is 0. The van der Waals surface area contributed by atoms with Gasteiger partial charge in [-0.25, -0.2) is 9.78 Å². The van der Waals surface area contributed by atoms with Gasteiger partial charge in [-0.2, -0.15) is 0 Å². The van der Waals surface area contributed by atoms with Gasteiger partial charge in [-0.3, -0.25) is 4.79 Å². The number of rotatable bonds is 4. The van der Waals surface area contributed by atoms with Crippen LogP contribution in [0.1, 0.15) is 10.5 Å². The summed E-state index contributed by atoms with van der Waals surface area (Å²) in [6.45, 7) is -0.346. The van der Waals surface area contributed by atoms with E-state index in [9.17, 15) is 9.59 Å². The zero-order valence-corrected chi connectivity index (χ0v) is 12.5. The third-order valence-corrected chi connectivity index (χ3v) is 3.06. The first-order chi connectivity index (χ1) is 9.65. The Hall–Kier alpha value is -1.96. The van der Waals surface area contributed by atoms with Crippen LogP contribution in [-0.4, -0.2) is 23.5 Å². The highest BCUT2D eigenvalue weighted by Crippen LogP contribution is 2.10. The molecule has 0 bridgehead atoms. The van der Waals surface area contributed by atoms with Crippen molar-refractivity contribution in [3.63, 3.8) is 0 Å². The van der Waals surface area contributed by atoms with Gasteiger partial charge >= 0.3 is 5.97 Å². The lowest BCUT2D eigenvalue weighted by atomic mass is 10.3. The molecule has 0 spiro atoms. The molecule has 1 N–H and O–H groups in total. The number of nitrogens with one attached hydrogen (secondary N) is 1. The second kappa shape index (κ2) is 6.99. The summed E-state index contributed by atoms with van der Waals surface area (Å²) in [5, 5.41) is 2.64. The van der Waals surface area contributed by atoms with E-state index in [1.807, 2.05) is 12.1 Å². The molecule has 2 rings (SSSR count). The highest BCUT2D eigenvalue weighted by Gasteiger charge is 2.10. The minimum atomic E-state index is -0.622. The number of esters is 1. The standard InChI is InChI=1S/C14H11IN2O3/c15-10-4-6-11(7-5-10)17-13(18)9-20-14(19)12-3-1-2-8-16-12/h1-8H,9H2,(H,17,18). The van der Waals surface area contributed by atoms with Crippen molar-refractivity contribution < 1.29 is 14.3 Å². The van der Waals surface area contributed by atoms with Crippen molar-refractivity contribution in [3.05, 3.63) is 57.9 Å². The van der Waals surface area contributed by atoms with Gasteiger partial charge in [0.25, 0.3) is 5.91 Å². The third kappa shape index (κ3) is 4.30. The highest BCUT2D eigenvalue weighted by atomic mass is 127. The summed E-state index contributed by atoms with van der Waals surface area (Å²) >= 11 is 2.17. The van der Waals surface area contributed by atoms with Crippen molar-refractivity contribution in [2.45, 2.75) is 0 Å². The lowest BCUT2D eigenvalue weighted by Gasteiger charge is -2.06. The van der Waals surface area contributed by atoms with Crippen LogP contribution in [0.5, 0.6) is 0 Å². The maximum Gasteiger partial charge on any atom is 0.357 e. The Morgan fingerprint density at radius 3 is 2.55 bits per heavy atom. The van der Waals surface area contributed by atoms with Gasteiger partial charge < -0.3 is 10.1 Å². The predicted molar refractivity (Wildman–Crippen MR) is 82.3 cm³/mol. The Balaban J connectivity index is 1.83. The number of halogens is 1. The number of ether oxygens (including phenoxy) is 1. The predicted octanol–water partition coefficient (Wildman–Crippen LogP) is 2.48. The van der Waals surface area contributed by atoms with E-state index in [0.29, 0.717) is 5.69 Å². The Bertz CT molecular complexity index is 600. The van der Waals surface area contributed by atoms with Crippen molar-refractivity contribution in [1.82, 2.24) is 4.98 Å². The molecule has 1 aromatic carbocycles. The fourth-order valence-electron chi connectivity index (χ4n) is 1.42. The summed E-state index contributed by atoms with van der Waals surface area (Å²) < 4.78 is 5.94. The van der Waals surface area contributed by atoms with Crippen LogP contribution in [0.2, 0.25) is 0 Å². The maximum absolute atomic E-state index is 11.6. The van der Waals surface area contributed by atoms with Crippen molar-refractivity contribution in [1.29, 1.82) is 0 Å². The van der Waals surface area contributed by atoms with Gasteiger partial charge in [-0.05, 0) is 59.0 Å². The minimum Gasteiger partial charge on any atom is -0.451 e. The molecule has 0 aliphatic carbocycles. The van der Waals surface area contributed by atoms with E-state index in [4.69, 9.17) is 4.74 Å². The molecule has 0 aliphatic rings. The van der Waals surface area contributed by atoms with Crippen molar-refractivity contribution in [2.24, 2.45) is 0 Å². The SMILES string of the molecule is O=C(COC(=O)c1ccccn1)Nc1ccc(I)cc1. The molecule has 1 aromatic heterocycles. The lowest BCUT2D eigenvalue weighted by molar-refractivity contribution is -0.119. The molecule has 0 aliphatic heterocycles. The molecule has 1 heterocycles. The van der Waals surface area contributed by atoms with E-state index in [1.165, 1.54) is 12.3 Å². The number of anilines is 1.